The average Bonchev–Trinajstić information content (AvgIpc) is 2.16. The zero-order valence-electron chi connectivity index (χ0n) is 8.45. The van der Waals surface area contributed by atoms with E-state index in [0.717, 1.165) is 18.1 Å². The van der Waals surface area contributed by atoms with Gasteiger partial charge in [-0.3, -0.25) is 9.80 Å². The van der Waals surface area contributed by atoms with Gasteiger partial charge in [0.2, 0.25) is 0 Å². The first-order chi connectivity index (χ1) is 5.72. The third-order valence-electron chi connectivity index (χ3n) is 3.80. The lowest BCUT2D eigenvalue weighted by atomic mass is 9.87. The highest BCUT2D eigenvalue weighted by molar-refractivity contribution is 4.99. The van der Waals surface area contributed by atoms with Crippen LogP contribution < -0.4 is 0 Å². The Hall–Kier alpha value is -0.0800. The highest BCUT2D eigenvalue weighted by Crippen LogP contribution is 2.31. The summed E-state index contributed by atoms with van der Waals surface area (Å²) in [7, 11) is 2.27. The molecule has 3 heterocycles. The first kappa shape index (κ1) is 8.52. The molecule has 3 rings (SSSR count). The maximum absolute atomic E-state index is 2.65. The van der Waals surface area contributed by atoms with Crippen LogP contribution in [0.5, 0.6) is 0 Å². The maximum Gasteiger partial charge on any atom is 0.0239 e. The topological polar surface area (TPSA) is 6.48 Å². The molecule has 0 radical (unpaired) electrons. The Bertz CT molecular complexity index is 157. The molecule has 2 nitrogen and oxygen atoms in total. The zero-order chi connectivity index (χ0) is 8.72. The summed E-state index contributed by atoms with van der Waals surface area (Å²) >= 11 is 0. The number of rotatable bonds is 2. The van der Waals surface area contributed by atoms with Gasteiger partial charge in [0.05, 0.1) is 0 Å². The van der Waals surface area contributed by atoms with Gasteiger partial charge in [0.15, 0.2) is 0 Å². The Morgan fingerprint density at radius 3 is 2.33 bits per heavy atom. The van der Waals surface area contributed by atoms with Crippen molar-refractivity contribution in [2.24, 2.45) is 0 Å². The smallest absolute Gasteiger partial charge is 0.0239 e. The molecular formula is C10H20N2. The second-order valence-electron chi connectivity index (χ2n) is 4.42. The third kappa shape index (κ3) is 1.17. The molecule has 0 saturated carbocycles. The van der Waals surface area contributed by atoms with Crippen molar-refractivity contribution in [2.75, 3.05) is 20.1 Å². The lowest BCUT2D eigenvalue weighted by Gasteiger charge is -2.56. The highest BCUT2D eigenvalue weighted by atomic mass is 15.3. The second kappa shape index (κ2) is 3.00. The largest absolute Gasteiger partial charge is 0.298 e. The lowest BCUT2D eigenvalue weighted by molar-refractivity contribution is -0.0632. The van der Waals surface area contributed by atoms with Crippen molar-refractivity contribution in [1.82, 2.24) is 9.80 Å². The van der Waals surface area contributed by atoms with Gasteiger partial charge in [0, 0.05) is 31.2 Å². The zero-order valence-corrected chi connectivity index (χ0v) is 8.45. The van der Waals surface area contributed by atoms with Crippen LogP contribution in [0.1, 0.15) is 26.7 Å². The van der Waals surface area contributed by atoms with Crippen LogP contribution in [-0.4, -0.2) is 48.1 Å². The fourth-order valence-corrected chi connectivity index (χ4v) is 2.45. The van der Waals surface area contributed by atoms with Crippen molar-refractivity contribution in [3.05, 3.63) is 0 Å². The molecule has 12 heavy (non-hydrogen) atoms. The molecule has 3 unspecified atom stereocenters. The minimum absolute atomic E-state index is 0.795. The first-order valence-electron chi connectivity index (χ1n) is 5.18. The standard InChI is InChI=1S/C10H20N2/c1-4-8(2)12-6-9-5-10(7-12)11(9)3/h8-10H,4-7H2,1-3H3. The van der Waals surface area contributed by atoms with E-state index in [0.29, 0.717) is 0 Å². The van der Waals surface area contributed by atoms with Gasteiger partial charge in [-0.25, -0.2) is 0 Å². The molecule has 0 spiro atoms. The summed E-state index contributed by atoms with van der Waals surface area (Å²) in [4.78, 5) is 5.19. The van der Waals surface area contributed by atoms with E-state index in [1.807, 2.05) is 0 Å². The Labute approximate surface area is 75.5 Å². The Kier molecular flexibility index (Phi) is 2.13. The quantitative estimate of drug-likeness (QED) is 0.611. The Morgan fingerprint density at radius 1 is 1.33 bits per heavy atom. The van der Waals surface area contributed by atoms with Crippen LogP contribution >= 0.6 is 0 Å². The molecule has 3 atom stereocenters. The summed E-state index contributed by atoms with van der Waals surface area (Å²) in [5.74, 6) is 0. The van der Waals surface area contributed by atoms with E-state index in [9.17, 15) is 0 Å². The van der Waals surface area contributed by atoms with Crippen molar-refractivity contribution < 1.29 is 0 Å². The van der Waals surface area contributed by atoms with Gasteiger partial charge < -0.3 is 0 Å². The van der Waals surface area contributed by atoms with Crippen LogP contribution in [0.3, 0.4) is 0 Å². The number of hydrogen-bond acceptors (Lipinski definition) is 2. The number of piperazine rings is 1. The molecule has 2 bridgehead atoms. The van der Waals surface area contributed by atoms with Gasteiger partial charge >= 0.3 is 0 Å². The van der Waals surface area contributed by atoms with Crippen molar-refractivity contribution in [3.63, 3.8) is 0 Å². The molecule has 0 aromatic carbocycles. The SMILES string of the molecule is CCC(C)N1CC2CC(C1)N2C. The molecular weight excluding hydrogens is 148 g/mol. The average molecular weight is 168 g/mol. The maximum atomic E-state index is 2.65. The minimum atomic E-state index is 0.795. The van der Waals surface area contributed by atoms with Gasteiger partial charge in [0.1, 0.15) is 0 Å². The summed E-state index contributed by atoms with van der Waals surface area (Å²) in [6.45, 7) is 7.25. The van der Waals surface area contributed by atoms with Crippen molar-refractivity contribution >= 4 is 0 Å². The van der Waals surface area contributed by atoms with Crippen LogP contribution in [0.25, 0.3) is 0 Å². The first-order valence-corrected chi connectivity index (χ1v) is 5.18. The van der Waals surface area contributed by atoms with Crippen LogP contribution in [0.15, 0.2) is 0 Å². The molecule has 3 aliphatic heterocycles. The summed E-state index contributed by atoms with van der Waals surface area (Å²) in [6, 6.07) is 2.54. The fourth-order valence-electron chi connectivity index (χ4n) is 2.45. The molecule has 0 aromatic heterocycles. The van der Waals surface area contributed by atoms with Gasteiger partial charge in [0.25, 0.3) is 0 Å². The van der Waals surface area contributed by atoms with E-state index < -0.39 is 0 Å². The van der Waals surface area contributed by atoms with Gasteiger partial charge in [-0.1, -0.05) is 6.92 Å². The second-order valence-corrected chi connectivity index (χ2v) is 4.42. The molecule has 2 heteroatoms. The van der Waals surface area contributed by atoms with Crippen LogP contribution in [0, 0.1) is 0 Å². The molecule has 0 aliphatic carbocycles. The number of fused-ring (bicyclic) bond motifs is 2. The normalized spacial score (nSPS) is 39.2. The summed E-state index contributed by atoms with van der Waals surface area (Å²) in [5, 5.41) is 0. The van der Waals surface area contributed by atoms with E-state index in [1.54, 1.807) is 0 Å². The van der Waals surface area contributed by atoms with E-state index in [4.69, 9.17) is 0 Å². The number of nitrogens with zero attached hydrogens (tertiary/aromatic N) is 2. The number of likely N-dealkylation sites (N-methyl/N-ethyl adjacent to an activating group) is 1. The molecule has 3 fully saturated rings. The third-order valence-corrected chi connectivity index (χ3v) is 3.80. The molecule has 0 aromatic rings. The van der Waals surface area contributed by atoms with E-state index in [-0.39, 0.29) is 0 Å². The summed E-state index contributed by atoms with van der Waals surface area (Å²) in [5.41, 5.74) is 0. The Morgan fingerprint density at radius 2 is 1.92 bits per heavy atom. The van der Waals surface area contributed by atoms with Gasteiger partial charge in [-0.05, 0) is 26.8 Å². The van der Waals surface area contributed by atoms with Crippen LogP contribution in [0.4, 0.5) is 0 Å². The van der Waals surface area contributed by atoms with Crippen molar-refractivity contribution in [3.8, 4) is 0 Å². The molecule has 3 aliphatic rings. The molecule has 70 valence electrons. The number of piperidine rings is 1. The number of hydrogen-bond donors (Lipinski definition) is 0. The fraction of sp³-hybridized carbons (Fsp3) is 1.00. The van der Waals surface area contributed by atoms with E-state index >= 15 is 0 Å². The molecule has 0 amide bonds. The van der Waals surface area contributed by atoms with Gasteiger partial charge in [-0.2, -0.15) is 0 Å². The van der Waals surface area contributed by atoms with Crippen molar-refractivity contribution in [2.45, 2.75) is 44.8 Å². The molecule has 0 N–H and O–H groups in total. The summed E-state index contributed by atoms with van der Waals surface area (Å²) in [6.07, 6.45) is 2.74. The Balaban J connectivity index is 1.90. The van der Waals surface area contributed by atoms with Crippen LogP contribution in [-0.2, 0) is 0 Å². The van der Waals surface area contributed by atoms with E-state index in [1.165, 1.54) is 25.9 Å². The van der Waals surface area contributed by atoms with Gasteiger partial charge in [-0.15, -0.1) is 0 Å². The lowest BCUT2D eigenvalue weighted by Crippen LogP contribution is -2.68. The monoisotopic (exact) mass is 168 g/mol. The highest BCUT2D eigenvalue weighted by Gasteiger charge is 2.42. The van der Waals surface area contributed by atoms with E-state index in [2.05, 4.69) is 30.7 Å². The molecule has 3 saturated heterocycles. The minimum Gasteiger partial charge on any atom is -0.298 e. The van der Waals surface area contributed by atoms with Crippen molar-refractivity contribution in [1.29, 1.82) is 0 Å². The summed E-state index contributed by atoms with van der Waals surface area (Å²) < 4.78 is 0. The van der Waals surface area contributed by atoms with Crippen LogP contribution in [0.2, 0.25) is 0 Å². The predicted octanol–water partition coefficient (Wildman–Crippen LogP) is 1.17. The predicted molar refractivity (Wildman–Crippen MR) is 51.3 cm³/mol.